The molecule has 0 unspecified atom stereocenters. The van der Waals surface area contributed by atoms with Crippen molar-refractivity contribution >= 4 is 33.9 Å². The van der Waals surface area contributed by atoms with Crippen LogP contribution in [0.2, 0.25) is 0 Å². The van der Waals surface area contributed by atoms with Crippen molar-refractivity contribution in [3.05, 3.63) is 61.8 Å². The standard InChI is InChI=1S/C18H11F6N5O5/c1-2-34-16-9(18(22,23)24)6-12(28(30)31)14(15(16)29(32)33)27-13-7-25-11-5-8(17(19,20)21)3-4-10(11)26-13/h3-7H,2H2,1H3,(H,26,27). The number of hydrogen-bond donors (Lipinski definition) is 1. The molecule has 0 saturated carbocycles. The molecular weight excluding hydrogens is 480 g/mol. The van der Waals surface area contributed by atoms with Crippen LogP contribution in [-0.4, -0.2) is 26.4 Å². The van der Waals surface area contributed by atoms with Crippen LogP contribution in [0.15, 0.2) is 30.5 Å². The monoisotopic (exact) mass is 491 g/mol. The number of nitro benzene ring substituents is 2. The molecule has 1 N–H and O–H groups in total. The van der Waals surface area contributed by atoms with Crippen molar-refractivity contribution in [1.29, 1.82) is 0 Å². The second-order valence-electron chi connectivity index (χ2n) is 6.52. The van der Waals surface area contributed by atoms with E-state index in [4.69, 9.17) is 4.74 Å². The van der Waals surface area contributed by atoms with E-state index in [0.717, 1.165) is 12.3 Å². The molecule has 16 heteroatoms. The van der Waals surface area contributed by atoms with Gasteiger partial charge in [-0.25, -0.2) is 4.98 Å². The van der Waals surface area contributed by atoms with Crippen LogP contribution in [0.1, 0.15) is 18.1 Å². The Labute approximate surface area is 184 Å². The molecule has 1 heterocycles. The maximum atomic E-state index is 13.5. The molecule has 0 bridgehead atoms. The van der Waals surface area contributed by atoms with Crippen LogP contribution in [0.5, 0.6) is 5.75 Å². The number of hydrogen-bond acceptors (Lipinski definition) is 8. The topological polar surface area (TPSA) is 133 Å². The largest absolute Gasteiger partial charge is 0.487 e. The molecule has 0 radical (unpaired) electrons. The zero-order chi connectivity index (χ0) is 25.4. The second-order valence-corrected chi connectivity index (χ2v) is 6.52. The number of nitrogens with one attached hydrogen (secondary N) is 1. The van der Waals surface area contributed by atoms with Crippen LogP contribution in [0, 0.1) is 20.2 Å². The smallest absolute Gasteiger partial charge is 0.420 e. The van der Waals surface area contributed by atoms with Gasteiger partial charge in [-0.15, -0.1) is 0 Å². The third-order valence-corrected chi connectivity index (χ3v) is 4.33. The van der Waals surface area contributed by atoms with Gasteiger partial charge in [0.05, 0.1) is 39.2 Å². The van der Waals surface area contributed by atoms with Gasteiger partial charge in [0.1, 0.15) is 11.4 Å². The Bertz CT molecular complexity index is 1290. The minimum atomic E-state index is -5.22. The lowest BCUT2D eigenvalue weighted by Gasteiger charge is -2.16. The number of anilines is 2. The normalized spacial score (nSPS) is 12.0. The van der Waals surface area contributed by atoms with Crippen molar-refractivity contribution in [3.8, 4) is 5.75 Å². The van der Waals surface area contributed by atoms with Crippen LogP contribution >= 0.6 is 0 Å². The predicted octanol–water partition coefficient (Wildman–Crippen LogP) is 5.63. The summed E-state index contributed by atoms with van der Waals surface area (Å²) < 4.78 is 83.8. The van der Waals surface area contributed by atoms with Gasteiger partial charge in [0.2, 0.25) is 11.4 Å². The number of nitro groups is 2. The lowest BCUT2D eigenvalue weighted by molar-refractivity contribution is -0.393. The molecule has 180 valence electrons. The molecule has 34 heavy (non-hydrogen) atoms. The minimum Gasteiger partial charge on any atom is -0.487 e. The molecule has 0 aliphatic rings. The quantitative estimate of drug-likeness (QED) is 0.267. The number of aromatic nitrogens is 2. The van der Waals surface area contributed by atoms with Crippen molar-refractivity contribution in [3.63, 3.8) is 0 Å². The fraction of sp³-hybridized carbons (Fsp3) is 0.222. The van der Waals surface area contributed by atoms with Crippen LogP contribution in [0.4, 0.5) is 49.2 Å². The zero-order valence-corrected chi connectivity index (χ0v) is 16.7. The van der Waals surface area contributed by atoms with E-state index in [9.17, 15) is 46.6 Å². The number of ether oxygens (including phenoxy) is 1. The summed E-state index contributed by atoms with van der Waals surface area (Å²) in [6.45, 7) is 0.820. The third kappa shape index (κ3) is 4.74. The van der Waals surface area contributed by atoms with E-state index >= 15 is 0 Å². The summed E-state index contributed by atoms with van der Waals surface area (Å²) in [6.07, 6.45) is -9.07. The fourth-order valence-corrected chi connectivity index (χ4v) is 2.95. The van der Waals surface area contributed by atoms with Crippen LogP contribution in [-0.2, 0) is 12.4 Å². The Balaban J connectivity index is 2.22. The molecule has 0 aliphatic carbocycles. The molecule has 1 aromatic heterocycles. The summed E-state index contributed by atoms with van der Waals surface area (Å²) in [7, 11) is 0. The lowest BCUT2D eigenvalue weighted by atomic mass is 10.1. The van der Waals surface area contributed by atoms with Gasteiger partial charge in [0.25, 0.3) is 0 Å². The van der Waals surface area contributed by atoms with E-state index in [1.54, 1.807) is 0 Å². The molecule has 0 spiro atoms. The Hall–Kier alpha value is -4.24. The Kier molecular flexibility index (Phi) is 6.17. The first kappa shape index (κ1) is 24.4. The number of nitrogens with zero attached hydrogens (tertiary/aromatic N) is 4. The maximum Gasteiger partial charge on any atom is 0.420 e. The van der Waals surface area contributed by atoms with E-state index in [1.807, 2.05) is 0 Å². The zero-order valence-electron chi connectivity index (χ0n) is 16.7. The molecule has 10 nitrogen and oxygen atoms in total. The van der Waals surface area contributed by atoms with Gasteiger partial charge >= 0.3 is 23.7 Å². The summed E-state index contributed by atoms with van der Waals surface area (Å²) in [5.41, 5.74) is -6.76. The predicted molar refractivity (Wildman–Crippen MR) is 104 cm³/mol. The number of halogens is 6. The first-order valence-electron chi connectivity index (χ1n) is 9.04. The first-order valence-corrected chi connectivity index (χ1v) is 9.04. The highest BCUT2D eigenvalue weighted by Gasteiger charge is 2.44. The van der Waals surface area contributed by atoms with Gasteiger partial charge in [-0.2, -0.15) is 26.3 Å². The van der Waals surface area contributed by atoms with Crippen LogP contribution in [0.3, 0.4) is 0 Å². The molecule has 0 aliphatic heterocycles. The highest BCUT2D eigenvalue weighted by Crippen LogP contribution is 2.50. The molecule has 2 aromatic carbocycles. The van der Waals surface area contributed by atoms with Crippen molar-refractivity contribution in [1.82, 2.24) is 9.97 Å². The molecule has 3 aromatic rings. The molecule has 0 saturated heterocycles. The third-order valence-electron chi connectivity index (χ3n) is 4.33. The average Bonchev–Trinajstić information content (AvgIpc) is 2.71. The van der Waals surface area contributed by atoms with E-state index in [2.05, 4.69) is 15.3 Å². The van der Waals surface area contributed by atoms with Gasteiger partial charge in [-0.05, 0) is 25.1 Å². The second kappa shape index (κ2) is 8.60. The van der Waals surface area contributed by atoms with Crippen LogP contribution in [0.25, 0.3) is 11.0 Å². The van der Waals surface area contributed by atoms with E-state index in [-0.39, 0.29) is 17.1 Å². The average molecular weight is 491 g/mol. The van der Waals surface area contributed by atoms with E-state index in [0.29, 0.717) is 12.1 Å². The molecular formula is C18H11F6N5O5. The highest BCUT2D eigenvalue weighted by molar-refractivity contribution is 5.85. The van der Waals surface area contributed by atoms with Gasteiger partial charge in [0, 0.05) is 6.07 Å². The van der Waals surface area contributed by atoms with E-state index in [1.165, 1.54) is 6.92 Å². The first-order chi connectivity index (χ1) is 15.7. The highest BCUT2D eigenvalue weighted by atomic mass is 19.4. The number of rotatable bonds is 6. The summed E-state index contributed by atoms with van der Waals surface area (Å²) >= 11 is 0. The van der Waals surface area contributed by atoms with Gasteiger partial charge in [-0.3, -0.25) is 25.2 Å². The Morgan fingerprint density at radius 1 is 1.00 bits per heavy atom. The van der Waals surface area contributed by atoms with Gasteiger partial charge in [-0.1, -0.05) is 0 Å². The van der Waals surface area contributed by atoms with Crippen molar-refractivity contribution in [2.45, 2.75) is 19.3 Å². The summed E-state index contributed by atoms with van der Waals surface area (Å²) in [5, 5.41) is 25.3. The molecule has 0 amide bonds. The van der Waals surface area contributed by atoms with Crippen LogP contribution < -0.4 is 10.1 Å². The van der Waals surface area contributed by atoms with E-state index < -0.39 is 68.6 Å². The molecule has 0 fully saturated rings. The summed E-state index contributed by atoms with van der Waals surface area (Å²) in [4.78, 5) is 28.2. The Morgan fingerprint density at radius 2 is 1.68 bits per heavy atom. The number of benzene rings is 2. The lowest BCUT2D eigenvalue weighted by Crippen LogP contribution is -2.13. The van der Waals surface area contributed by atoms with Crippen molar-refractivity contribution < 1.29 is 40.9 Å². The number of alkyl halides is 6. The fourth-order valence-electron chi connectivity index (χ4n) is 2.95. The minimum absolute atomic E-state index is 0.0738. The van der Waals surface area contributed by atoms with Crippen molar-refractivity contribution in [2.75, 3.05) is 11.9 Å². The summed E-state index contributed by atoms with van der Waals surface area (Å²) in [6, 6.07) is 2.39. The van der Waals surface area contributed by atoms with Crippen molar-refractivity contribution in [2.24, 2.45) is 0 Å². The summed E-state index contributed by atoms with van der Waals surface area (Å²) in [5.74, 6) is -1.67. The molecule has 3 rings (SSSR count). The number of fused-ring (bicyclic) bond motifs is 1. The SMILES string of the molecule is CCOc1c(C(F)(F)F)cc([N+](=O)[O-])c(Nc2cnc3cc(C(F)(F)F)ccc3n2)c1[N+](=O)[O-]. The Morgan fingerprint density at radius 3 is 2.21 bits per heavy atom. The van der Waals surface area contributed by atoms with Gasteiger partial charge in [0.15, 0.2) is 0 Å². The van der Waals surface area contributed by atoms with Gasteiger partial charge < -0.3 is 10.1 Å². The molecule has 0 atom stereocenters. The maximum absolute atomic E-state index is 13.5.